The number of aromatic nitrogens is 1. The number of fused-ring (bicyclic) bond motifs is 1. The minimum absolute atomic E-state index is 0.00863. The molecule has 0 spiro atoms. The van der Waals surface area contributed by atoms with Crippen LogP contribution >= 0.6 is 0 Å². The Morgan fingerprint density at radius 3 is 2.35 bits per heavy atom. The third-order valence-corrected chi connectivity index (χ3v) is 7.68. The minimum Gasteiger partial charge on any atom is -0.456 e. The Balaban J connectivity index is 1.38. The van der Waals surface area contributed by atoms with E-state index >= 15 is 0 Å². The normalized spacial score (nSPS) is 14.2. The lowest BCUT2D eigenvalue weighted by Gasteiger charge is -2.14. The van der Waals surface area contributed by atoms with E-state index in [-0.39, 0.29) is 10.5 Å². The molecule has 176 valence electrons. The molecule has 0 saturated heterocycles. The number of rotatable bonds is 8. The summed E-state index contributed by atoms with van der Waals surface area (Å²) < 4.78 is 32.7. The summed E-state index contributed by atoms with van der Waals surface area (Å²) in [4.78, 5) is 37.3. The lowest BCUT2D eigenvalue weighted by Crippen LogP contribution is -2.36. The van der Waals surface area contributed by atoms with Crippen LogP contribution in [0.15, 0.2) is 65.6 Å². The Labute approximate surface area is 197 Å². The van der Waals surface area contributed by atoms with Crippen molar-refractivity contribution in [1.82, 2.24) is 8.87 Å². The van der Waals surface area contributed by atoms with Gasteiger partial charge in [-0.25, -0.2) is 12.7 Å². The molecule has 0 N–H and O–H groups in total. The zero-order valence-corrected chi connectivity index (χ0v) is 19.7. The molecule has 0 radical (unpaired) electrons. The highest BCUT2D eigenvalue weighted by Gasteiger charge is 2.42. The standard InChI is InChI=1S/C25H24N2O6S/c1-17-14-21(18(2)26(17)13-12-19-8-4-3-5-9-19)22(28)16-33-24(29)15-27-25(30)20-10-6-7-11-23(20)34(27,31)32/h3-11,14H,12-13,15-16H2,1-2H3. The number of ketones is 1. The van der Waals surface area contributed by atoms with E-state index in [1.807, 2.05) is 48.7 Å². The van der Waals surface area contributed by atoms with Crippen molar-refractivity contribution in [1.29, 1.82) is 0 Å². The number of esters is 1. The number of sulfonamides is 1. The second-order valence-corrected chi connectivity index (χ2v) is 9.90. The summed E-state index contributed by atoms with van der Waals surface area (Å²) in [6.45, 7) is 3.10. The van der Waals surface area contributed by atoms with Crippen LogP contribution in [0.1, 0.15) is 37.7 Å². The van der Waals surface area contributed by atoms with Gasteiger partial charge in [-0.3, -0.25) is 14.4 Å². The first-order valence-electron chi connectivity index (χ1n) is 10.8. The van der Waals surface area contributed by atoms with Gasteiger partial charge in [-0.2, -0.15) is 0 Å². The third kappa shape index (κ3) is 4.38. The first-order chi connectivity index (χ1) is 16.2. The van der Waals surface area contributed by atoms with E-state index in [1.54, 1.807) is 12.1 Å². The topological polar surface area (TPSA) is 103 Å². The van der Waals surface area contributed by atoms with Crippen molar-refractivity contribution in [3.8, 4) is 0 Å². The van der Waals surface area contributed by atoms with Crippen LogP contribution in [0.5, 0.6) is 0 Å². The molecule has 0 aliphatic carbocycles. The second kappa shape index (κ2) is 9.26. The van der Waals surface area contributed by atoms with Crippen molar-refractivity contribution >= 4 is 27.7 Å². The average Bonchev–Trinajstić information content (AvgIpc) is 3.22. The summed E-state index contributed by atoms with van der Waals surface area (Å²) in [5.41, 5.74) is 3.31. The van der Waals surface area contributed by atoms with E-state index in [0.29, 0.717) is 16.4 Å². The summed E-state index contributed by atoms with van der Waals surface area (Å²) in [5, 5.41) is 0. The number of nitrogens with zero attached hydrogens (tertiary/aromatic N) is 2. The van der Waals surface area contributed by atoms with Gasteiger partial charge in [-0.1, -0.05) is 42.5 Å². The molecule has 2 heterocycles. The molecule has 1 aromatic heterocycles. The van der Waals surface area contributed by atoms with Crippen LogP contribution in [0.4, 0.5) is 0 Å². The summed E-state index contributed by atoms with van der Waals surface area (Å²) in [6.07, 6.45) is 0.806. The molecule has 1 aliphatic heterocycles. The minimum atomic E-state index is -4.12. The number of carbonyl (C=O) groups excluding carboxylic acids is 3. The molecule has 0 atom stereocenters. The third-order valence-electron chi connectivity index (χ3n) is 5.89. The smallest absolute Gasteiger partial charge is 0.327 e. The van der Waals surface area contributed by atoms with Gasteiger partial charge in [0.05, 0.1) is 5.56 Å². The molecule has 0 unspecified atom stereocenters. The number of hydrogen-bond acceptors (Lipinski definition) is 6. The predicted molar refractivity (Wildman–Crippen MR) is 124 cm³/mol. The molecule has 1 amide bonds. The van der Waals surface area contributed by atoms with Crippen molar-refractivity contribution in [2.24, 2.45) is 0 Å². The lowest BCUT2D eigenvalue weighted by atomic mass is 10.1. The molecule has 1 aliphatic rings. The fourth-order valence-electron chi connectivity index (χ4n) is 4.09. The fraction of sp³-hybridized carbons (Fsp3) is 0.240. The highest BCUT2D eigenvalue weighted by molar-refractivity contribution is 7.90. The van der Waals surface area contributed by atoms with E-state index in [0.717, 1.165) is 17.8 Å². The zero-order chi connectivity index (χ0) is 24.5. The van der Waals surface area contributed by atoms with Gasteiger partial charge in [0, 0.05) is 23.5 Å². The van der Waals surface area contributed by atoms with Crippen LogP contribution in [0, 0.1) is 13.8 Å². The Morgan fingerprint density at radius 1 is 0.971 bits per heavy atom. The Kier molecular flexibility index (Phi) is 6.39. The Morgan fingerprint density at radius 2 is 1.65 bits per heavy atom. The van der Waals surface area contributed by atoms with E-state index in [2.05, 4.69) is 0 Å². The molecule has 8 nitrogen and oxygen atoms in total. The van der Waals surface area contributed by atoms with Gasteiger partial charge in [0.2, 0.25) is 5.78 Å². The zero-order valence-electron chi connectivity index (χ0n) is 18.9. The first-order valence-corrected chi connectivity index (χ1v) is 12.2. The van der Waals surface area contributed by atoms with Crippen LogP contribution in [0.25, 0.3) is 0 Å². The molecule has 2 aromatic carbocycles. The number of amides is 1. The molecule has 3 aromatic rings. The number of aryl methyl sites for hydroxylation is 2. The van der Waals surface area contributed by atoms with Gasteiger partial charge in [0.25, 0.3) is 15.9 Å². The Hall–Kier alpha value is -3.72. The largest absolute Gasteiger partial charge is 0.456 e. The fourth-order valence-corrected chi connectivity index (χ4v) is 5.60. The predicted octanol–water partition coefficient (Wildman–Crippen LogP) is 2.92. The van der Waals surface area contributed by atoms with Crippen LogP contribution in [0.2, 0.25) is 0 Å². The molecular formula is C25H24N2O6S. The Bertz CT molecular complexity index is 1380. The van der Waals surface area contributed by atoms with E-state index < -0.39 is 40.8 Å². The molecule has 0 fully saturated rings. The quantitative estimate of drug-likeness (QED) is 0.363. The van der Waals surface area contributed by atoms with Gasteiger partial charge in [0.1, 0.15) is 11.4 Å². The highest BCUT2D eigenvalue weighted by atomic mass is 32.2. The van der Waals surface area contributed by atoms with Crippen molar-refractivity contribution in [3.05, 3.63) is 88.7 Å². The molecule has 9 heteroatoms. The van der Waals surface area contributed by atoms with E-state index in [1.165, 1.54) is 23.8 Å². The summed E-state index contributed by atoms with van der Waals surface area (Å²) in [6, 6.07) is 17.5. The van der Waals surface area contributed by atoms with E-state index in [4.69, 9.17) is 4.74 Å². The number of ether oxygens (including phenoxy) is 1. The van der Waals surface area contributed by atoms with Crippen molar-refractivity contribution in [3.63, 3.8) is 0 Å². The molecule has 34 heavy (non-hydrogen) atoms. The molecule has 4 rings (SSSR count). The number of carbonyl (C=O) groups is 3. The van der Waals surface area contributed by atoms with Gasteiger partial charge in [0.15, 0.2) is 6.61 Å². The molecular weight excluding hydrogens is 456 g/mol. The lowest BCUT2D eigenvalue weighted by molar-refractivity contribution is -0.142. The van der Waals surface area contributed by atoms with Crippen molar-refractivity contribution in [2.45, 2.75) is 31.7 Å². The highest BCUT2D eigenvalue weighted by Crippen LogP contribution is 2.29. The summed E-state index contributed by atoms with van der Waals surface area (Å²) in [5.74, 6) is -2.16. The van der Waals surface area contributed by atoms with Crippen LogP contribution in [0.3, 0.4) is 0 Å². The first kappa shape index (κ1) is 23.4. The maximum Gasteiger partial charge on any atom is 0.327 e. The summed E-state index contributed by atoms with van der Waals surface area (Å²) >= 11 is 0. The van der Waals surface area contributed by atoms with Gasteiger partial charge < -0.3 is 9.30 Å². The van der Waals surface area contributed by atoms with Crippen LogP contribution in [-0.2, 0) is 32.5 Å². The molecule has 0 bridgehead atoms. The van der Waals surface area contributed by atoms with Gasteiger partial charge in [-0.05, 0) is 44.0 Å². The average molecular weight is 481 g/mol. The monoisotopic (exact) mass is 480 g/mol. The van der Waals surface area contributed by atoms with Crippen LogP contribution in [-0.4, -0.2) is 48.1 Å². The van der Waals surface area contributed by atoms with Crippen molar-refractivity contribution in [2.75, 3.05) is 13.2 Å². The SMILES string of the molecule is Cc1cc(C(=O)COC(=O)CN2C(=O)c3ccccc3S2(=O)=O)c(C)n1CCc1ccccc1. The van der Waals surface area contributed by atoms with Gasteiger partial charge in [-0.15, -0.1) is 0 Å². The molecule has 0 saturated carbocycles. The van der Waals surface area contributed by atoms with Crippen LogP contribution < -0.4 is 0 Å². The number of Topliss-reactive ketones (excluding diaryl/α,β-unsaturated/α-hetero) is 1. The van der Waals surface area contributed by atoms with E-state index in [9.17, 15) is 22.8 Å². The number of hydrogen-bond donors (Lipinski definition) is 0. The summed E-state index contributed by atoms with van der Waals surface area (Å²) in [7, 11) is -4.12. The maximum atomic E-state index is 12.7. The van der Waals surface area contributed by atoms with Gasteiger partial charge >= 0.3 is 5.97 Å². The maximum absolute atomic E-state index is 12.7. The van der Waals surface area contributed by atoms with Crippen molar-refractivity contribution < 1.29 is 27.5 Å². The second-order valence-electron chi connectivity index (χ2n) is 8.07. The number of benzene rings is 2.